The Labute approximate surface area is 147 Å². The first-order valence-electron chi connectivity index (χ1n) is 8.34. The van der Waals surface area contributed by atoms with Gasteiger partial charge in [0.1, 0.15) is 12.4 Å². The molecule has 0 atom stereocenters. The van der Waals surface area contributed by atoms with Gasteiger partial charge in [-0.15, -0.1) is 0 Å². The molecule has 3 rings (SSSR count). The molecule has 7 nitrogen and oxygen atoms in total. The van der Waals surface area contributed by atoms with Gasteiger partial charge in [-0.1, -0.05) is 30.3 Å². The number of piperazine rings is 1. The Balaban J connectivity index is 1.51. The number of rotatable bonds is 4. The number of ether oxygens (including phenoxy) is 1. The molecule has 25 heavy (non-hydrogen) atoms. The summed E-state index contributed by atoms with van der Waals surface area (Å²) in [6, 6.07) is 11.6. The first-order chi connectivity index (χ1) is 12.1. The third kappa shape index (κ3) is 4.37. The maximum absolute atomic E-state index is 12.2. The van der Waals surface area contributed by atoms with Crippen molar-refractivity contribution in [1.29, 1.82) is 0 Å². The number of hydrogen-bond donors (Lipinski definition) is 0. The van der Waals surface area contributed by atoms with Gasteiger partial charge in [0.25, 0.3) is 0 Å². The van der Waals surface area contributed by atoms with E-state index in [1.54, 1.807) is 11.1 Å². The quantitative estimate of drug-likeness (QED) is 0.848. The van der Waals surface area contributed by atoms with Crippen molar-refractivity contribution in [2.45, 2.75) is 6.61 Å². The second kappa shape index (κ2) is 7.83. The van der Waals surface area contributed by atoms with Crippen LogP contribution >= 0.6 is 0 Å². The van der Waals surface area contributed by atoms with Gasteiger partial charge in [-0.2, -0.15) is 4.98 Å². The van der Waals surface area contributed by atoms with Gasteiger partial charge in [-0.25, -0.2) is 9.78 Å². The number of anilines is 2. The molecule has 2 aromatic rings. The van der Waals surface area contributed by atoms with Crippen molar-refractivity contribution in [3.63, 3.8) is 0 Å². The van der Waals surface area contributed by atoms with E-state index in [-0.39, 0.29) is 6.09 Å². The van der Waals surface area contributed by atoms with Gasteiger partial charge in [-0.05, 0) is 11.6 Å². The van der Waals surface area contributed by atoms with Crippen LogP contribution in [-0.4, -0.2) is 61.2 Å². The SMILES string of the molecule is CN(C)c1ccnc(N2CCN(C(=O)OCc3ccccc3)CC2)n1. The maximum atomic E-state index is 12.2. The molecule has 132 valence electrons. The summed E-state index contributed by atoms with van der Waals surface area (Å²) in [4.78, 5) is 26.9. The average molecular weight is 341 g/mol. The normalized spacial score (nSPS) is 14.3. The highest BCUT2D eigenvalue weighted by molar-refractivity contribution is 5.68. The number of carbonyl (C=O) groups excluding carboxylic acids is 1. The monoisotopic (exact) mass is 341 g/mol. The van der Waals surface area contributed by atoms with Crippen molar-refractivity contribution in [2.24, 2.45) is 0 Å². The fraction of sp³-hybridized carbons (Fsp3) is 0.389. The minimum Gasteiger partial charge on any atom is -0.445 e. The fourth-order valence-electron chi connectivity index (χ4n) is 2.64. The molecule has 1 aromatic heterocycles. The fourth-order valence-corrected chi connectivity index (χ4v) is 2.64. The van der Waals surface area contributed by atoms with E-state index in [1.807, 2.05) is 55.4 Å². The van der Waals surface area contributed by atoms with Crippen LogP contribution in [-0.2, 0) is 11.3 Å². The molecule has 0 aliphatic carbocycles. The van der Waals surface area contributed by atoms with Crippen molar-refractivity contribution < 1.29 is 9.53 Å². The van der Waals surface area contributed by atoms with Crippen LogP contribution in [0.4, 0.5) is 16.6 Å². The molecule has 1 aliphatic heterocycles. The van der Waals surface area contributed by atoms with Crippen LogP contribution in [0.1, 0.15) is 5.56 Å². The molecular formula is C18H23N5O2. The first kappa shape index (κ1) is 17.0. The third-order valence-corrected chi connectivity index (χ3v) is 4.11. The highest BCUT2D eigenvalue weighted by Crippen LogP contribution is 2.15. The highest BCUT2D eigenvalue weighted by atomic mass is 16.6. The van der Waals surface area contributed by atoms with Gasteiger partial charge in [0.15, 0.2) is 0 Å². The number of amides is 1. The minimum absolute atomic E-state index is 0.272. The molecular weight excluding hydrogens is 318 g/mol. The van der Waals surface area contributed by atoms with Gasteiger partial charge in [0.05, 0.1) is 0 Å². The molecule has 0 unspecified atom stereocenters. The second-order valence-electron chi connectivity index (χ2n) is 6.12. The molecule has 1 aliphatic rings. The number of nitrogens with zero attached hydrogens (tertiary/aromatic N) is 5. The Hall–Kier alpha value is -2.83. The number of carbonyl (C=O) groups is 1. The van der Waals surface area contributed by atoms with Gasteiger partial charge in [-0.3, -0.25) is 0 Å². The molecule has 7 heteroatoms. The van der Waals surface area contributed by atoms with Crippen molar-refractivity contribution in [3.05, 3.63) is 48.2 Å². The van der Waals surface area contributed by atoms with E-state index >= 15 is 0 Å². The van der Waals surface area contributed by atoms with Gasteiger partial charge in [0, 0.05) is 46.5 Å². The maximum Gasteiger partial charge on any atom is 0.410 e. The molecule has 1 amide bonds. The Morgan fingerprint density at radius 3 is 2.52 bits per heavy atom. The van der Waals surface area contributed by atoms with Gasteiger partial charge < -0.3 is 19.4 Å². The van der Waals surface area contributed by atoms with E-state index in [9.17, 15) is 4.79 Å². The average Bonchev–Trinajstić information content (AvgIpc) is 2.67. The standard InChI is InChI=1S/C18H23N5O2/c1-21(2)16-8-9-19-17(20-16)22-10-12-23(13-11-22)18(24)25-14-15-6-4-3-5-7-15/h3-9H,10-14H2,1-2H3. The molecule has 0 saturated carbocycles. The lowest BCUT2D eigenvalue weighted by Gasteiger charge is -2.34. The summed E-state index contributed by atoms with van der Waals surface area (Å²) in [5, 5.41) is 0. The zero-order valence-electron chi connectivity index (χ0n) is 14.6. The Morgan fingerprint density at radius 2 is 1.84 bits per heavy atom. The van der Waals surface area contributed by atoms with E-state index in [0.29, 0.717) is 38.7 Å². The summed E-state index contributed by atoms with van der Waals surface area (Å²) in [6.07, 6.45) is 1.49. The van der Waals surface area contributed by atoms with Crippen LogP contribution in [0.5, 0.6) is 0 Å². The molecule has 0 bridgehead atoms. The predicted molar refractivity (Wildman–Crippen MR) is 96.8 cm³/mol. The van der Waals surface area contributed by atoms with E-state index in [2.05, 4.69) is 14.9 Å². The minimum atomic E-state index is -0.272. The summed E-state index contributed by atoms with van der Waals surface area (Å²) in [5.41, 5.74) is 0.989. The third-order valence-electron chi connectivity index (χ3n) is 4.11. The first-order valence-corrected chi connectivity index (χ1v) is 8.34. The van der Waals surface area contributed by atoms with Crippen molar-refractivity contribution in [3.8, 4) is 0 Å². The Morgan fingerprint density at radius 1 is 1.12 bits per heavy atom. The van der Waals surface area contributed by atoms with Crippen LogP contribution in [0.2, 0.25) is 0 Å². The summed E-state index contributed by atoms with van der Waals surface area (Å²) in [6.45, 7) is 2.88. The van der Waals surface area contributed by atoms with Crippen molar-refractivity contribution in [1.82, 2.24) is 14.9 Å². The Kier molecular flexibility index (Phi) is 5.33. The summed E-state index contributed by atoms with van der Waals surface area (Å²) < 4.78 is 5.39. The predicted octanol–water partition coefficient (Wildman–Crippen LogP) is 2.00. The molecule has 1 fully saturated rings. The zero-order chi connectivity index (χ0) is 17.6. The largest absolute Gasteiger partial charge is 0.445 e. The highest BCUT2D eigenvalue weighted by Gasteiger charge is 2.23. The van der Waals surface area contributed by atoms with E-state index in [4.69, 9.17) is 4.74 Å². The van der Waals surface area contributed by atoms with Crippen molar-refractivity contribution >= 4 is 17.9 Å². The lowest BCUT2D eigenvalue weighted by Crippen LogP contribution is -2.49. The summed E-state index contributed by atoms with van der Waals surface area (Å²) in [7, 11) is 3.90. The number of benzene rings is 1. The summed E-state index contributed by atoms with van der Waals surface area (Å²) >= 11 is 0. The molecule has 2 heterocycles. The molecule has 0 radical (unpaired) electrons. The lowest BCUT2D eigenvalue weighted by atomic mass is 10.2. The molecule has 1 saturated heterocycles. The van der Waals surface area contributed by atoms with E-state index < -0.39 is 0 Å². The second-order valence-corrected chi connectivity index (χ2v) is 6.12. The van der Waals surface area contributed by atoms with Crippen LogP contribution in [0.15, 0.2) is 42.6 Å². The van der Waals surface area contributed by atoms with E-state index in [1.165, 1.54) is 0 Å². The summed E-state index contributed by atoms with van der Waals surface area (Å²) in [5.74, 6) is 1.57. The van der Waals surface area contributed by atoms with Gasteiger partial charge in [0.2, 0.25) is 5.95 Å². The van der Waals surface area contributed by atoms with Crippen molar-refractivity contribution in [2.75, 3.05) is 50.1 Å². The van der Waals surface area contributed by atoms with Crippen LogP contribution in [0.25, 0.3) is 0 Å². The number of aromatic nitrogens is 2. The molecule has 0 spiro atoms. The van der Waals surface area contributed by atoms with Crippen LogP contribution < -0.4 is 9.80 Å². The zero-order valence-corrected chi connectivity index (χ0v) is 14.6. The Bertz CT molecular complexity index is 700. The van der Waals surface area contributed by atoms with E-state index in [0.717, 1.165) is 11.4 Å². The van der Waals surface area contributed by atoms with Crippen LogP contribution in [0.3, 0.4) is 0 Å². The van der Waals surface area contributed by atoms with Gasteiger partial charge >= 0.3 is 6.09 Å². The van der Waals surface area contributed by atoms with Crippen LogP contribution in [0, 0.1) is 0 Å². The molecule has 0 N–H and O–H groups in total. The topological polar surface area (TPSA) is 61.8 Å². The smallest absolute Gasteiger partial charge is 0.410 e. The molecule has 1 aromatic carbocycles. The number of hydrogen-bond acceptors (Lipinski definition) is 6. The lowest BCUT2D eigenvalue weighted by molar-refractivity contribution is 0.0941.